The van der Waals surface area contributed by atoms with Gasteiger partial charge in [0.25, 0.3) is 5.91 Å². The summed E-state index contributed by atoms with van der Waals surface area (Å²) in [5.74, 6) is -0.572. The van der Waals surface area contributed by atoms with Crippen LogP contribution in [0.15, 0.2) is 36.4 Å². The number of halogens is 1. The number of benzene rings is 1. The summed E-state index contributed by atoms with van der Waals surface area (Å²) in [6, 6.07) is 10.5. The fraction of sp³-hybridized carbons (Fsp3) is 0.143. The lowest BCUT2D eigenvalue weighted by Crippen LogP contribution is -2.32. The number of rotatable bonds is 4. The first-order valence-corrected chi connectivity index (χ1v) is 7.15. The molecular formula is C14H13ClN2O2S. The summed E-state index contributed by atoms with van der Waals surface area (Å²) in [6.45, 7) is 1.83. The third-order valence-corrected chi connectivity index (χ3v) is 3.85. The van der Waals surface area contributed by atoms with E-state index >= 15 is 0 Å². The summed E-state index contributed by atoms with van der Waals surface area (Å²) in [7, 11) is 0. The molecule has 0 bridgehead atoms. The highest BCUT2D eigenvalue weighted by atomic mass is 35.5. The summed E-state index contributed by atoms with van der Waals surface area (Å²) in [5, 5.41) is 5.67. The number of anilines is 1. The molecule has 6 heteroatoms. The Kier molecular flexibility index (Phi) is 4.76. The predicted octanol–water partition coefficient (Wildman–Crippen LogP) is 3.08. The molecule has 2 N–H and O–H groups in total. The number of carbonyl (C=O) groups is 2. The third kappa shape index (κ3) is 3.82. The van der Waals surface area contributed by atoms with Gasteiger partial charge in [-0.25, -0.2) is 0 Å². The second-order valence-electron chi connectivity index (χ2n) is 4.12. The van der Waals surface area contributed by atoms with Crippen molar-refractivity contribution in [1.82, 2.24) is 5.32 Å². The Hall–Kier alpha value is -1.85. The van der Waals surface area contributed by atoms with Crippen LogP contribution in [0.2, 0.25) is 5.02 Å². The van der Waals surface area contributed by atoms with Crippen molar-refractivity contribution in [3.05, 3.63) is 51.2 Å². The molecule has 1 aromatic carbocycles. The lowest BCUT2D eigenvalue weighted by Gasteiger charge is -2.07. The van der Waals surface area contributed by atoms with Crippen molar-refractivity contribution in [2.24, 2.45) is 0 Å². The number of hydrogen-bond donors (Lipinski definition) is 2. The Bertz CT molecular complexity index is 640. The molecule has 0 saturated carbocycles. The molecule has 0 aliphatic heterocycles. The number of thiophene rings is 1. The first-order valence-electron chi connectivity index (χ1n) is 5.95. The Morgan fingerprint density at radius 2 is 1.95 bits per heavy atom. The molecule has 0 radical (unpaired) electrons. The quantitative estimate of drug-likeness (QED) is 0.912. The van der Waals surface area contributed by atoms with Crippen LogP contribution in [0, 0.1) is 6.92 Å². The van der Waals surface area contributed by atoms with Crippen molar-refractivity contribution >= 4 is 40.4 Å². The summed E-state index contributed by atoms with van der Waals surface area (Å²) in [6.07, 6.45) is 0. The Balaban J connectivity index is 1.87. The number of carbonyl (C=O) groups excluding carboxylic acids is 2. The van der Waals surface area contributed by atoms with E-state index < -0.39 is 0 Å². The van der Waals surface area contributed by atoms with E-state index in [1.54, 1.807) is 30.3 Å². The number of para-hydroxylation sites is 1. The minimum absolute atomic E-state index is 0.0962. The van der Waals surface area contributed by atoms with Gasteiger partial charge in [0.1, 0.15) is 0 Å². The van der Waals surface area contributed by atoms with Gasteiger partial charge in [-0.1, -0.05) is 23.7 Å². The highest BCUT2D eigenvalue weighted by Gasteiger charge is 2.10. The first kappa shape index (κ1) is 14.6. The van der Waals surface area contributed by atoms with Crippen LogP contribution in [0.3, 0.4) is 0 Å². The zero-order valence-electron chi connectivity index (χ0n) is 10.8. The van der Waals surface area contributed by atoms with Gasteiger partial charge in [-0.15, -0.1) is 11.3 Å². The van der Waals surface area contributed by atoms with E-state index in [0.717, 1.165) is 4.88 Å². The van der Waals surface area contributed by atoms with Gasteiger partial charge in [0.15, 0.2) is 0 Å². The maximum atomic E-state index is 11.8. The number of aryl methyl sites for hydroxylation is 1. The molecule has 104 valence electrons. The molecule has 0 aliphatic rings. The predicted molar refractivity (Wildman–Crippen MR) is 81.5 cm³/mol. The van der Waals surface area contributed by atoms with Gasteiger partial charge in [0.2, 0.25) is 5.91 Å². The summed E-state index contributed by atoms with van der Waals surface area (Å²) in [5.41, 5.74) is 0.528. The van der Waals surface area contributed by atoms with Gasteiger partial charge in [0.05, 0.1) is 22.1 Å². The number of nitrogens with one attached hydrogen (secondary N) is 2. The van der Waals surface area contributed by atoms with Gasteiger partial charge < -0.3 is 10.6 Å². The monoisotopic (exact) mass is 308 g/mol. The van der Waals surface area contributed by atoms with E-state index in [9.17, 15) is 9.59 Å². The van der Waals surface area contributed by atoms with E-state index in [1.165, 1.54) is 11.3 Å². The molecule has 1 aromatic heterocycles. The second-order valence-corrected chi connectivity index (χ2v) is 5.82. The van der Waals surface area contributed by atoms with Crippen LogP contribution in [0.1, 0.15) is 14.5 Å². The second kappa shape index (κ2) is 6.54. The molecule has 0 unspecified atom stereocenters. The molecule has 20 heavy (non-hydrogen) atoms. The van der Waals surface area contributed by atoms with Crippen LogP contribution in [-0.2, 0) is 4.79 Å². The van der Waals surface area contributed by atoms with Crippen LogP contribution in [0.5, 0.6) is 0 Å². The van der Waals surface area contributed by atoms with E-state index in [1.807, 2.05) is 13.0 Å². The van der Waals surface area contributed by atoms with Gasteiger partial charge >= 0.3 is 0 Å². The zero-order valence-corrected chi connectivity index (χ0v) is 12.3. The molecule has 0 aliphatic carbocycles. The van der Waals surface area contributed by atoms with Crippen molar-refractivity contribution in [3.63, 3.8) is 0 Å². The van der Waals surface area contributed by atoms with Crippen LogP contribution < -0.4 is 10.6 Å². The fourth-order valence-corrected chi connectivity index (χ4v) is 2.53. The molecule has 1 heterocycles. The molecular weight excluding hydrogens is 296 g/mol. The van der Waals surface area contributed by atoms with Crippen molar-refractivity contribution in [2.45, 2.75) is 6.92 Å². The highest BCUT2D eigenvalue weighted by Crippen LogP contribution is 2.20. The first-order chi connectivity index (χ1) is 9.56. The minimum Gasteiger partial charge on any atom is -0.342 e. The Morgan fingerprint density at radius 1 is 1.20 bits per heavy atom. The average molecular weight is 309 g/mol. The topological polar surface area (TPSA) is 58.2 Å². The fourth-order valence-electron chi connectivity index (χ4n) is 1.56. The van der Waals surface area contributed by atoms with E-state index in [-0.39, 0.29) is 18.4 Å². The molecule has 0 spiro atoms. The van der Waals surface area contributed by atoms with E-state index in [0.29, 0.717) is 15.6 Å². The van der Waals surface area contributed by atoms with Crippen molar-refractivity contribution in [1.29, 1.82) is 0 Å². The van der Waals surface area contributed by atoms with E-state index in [4.69, 9.17) is 11.6 Å². The Morgan fingerprint density at radius 3 is 2.60 bits per heavy atom. The molecule has 0 saturated heterocycles. The molecule has 4 nitrogen and oxygen atoms in total. The van der Waals surface area contributed by atoms with Crippen LogP contribution in [-0.4, -0.2) is 18.4 Å². The van der Waals surface area contributed by atoms with Crippen molar-refractivity contribution < 1.29 is 9.59 Å². The van der Waals surface area contributed by atoms with Crippen molar-refractivity contribution in [2.75, 3.05) is 11.9 Å². The molecule has 2 amide bonds. The summed E-state index contributed by atoms with van der Waals surface area (Å²) in [4.78, 5) is 25.1. The smallest absolute Gasteiger partial charge is 0.261 e. The molecule has 0 atom stereocenters. The minimum atomic E-state index is -0.320. The average Bonchev–Trinajstić information content (AvgIpc) is 2.85. The SMILES string of the molecule is Cc1ccc(C(=O)NCC(=O)Nc2ccccc2Cl)s1. The number of hydrogen-bond acceptors (Lipinski definition) is 3. The number of amides is 2. The van der Waals surface area contributed by atoms with Gasteiger partial charge in [0, 0.05) is 4.88 Å². The molecule has 2 rings (SSSR count). The zero-order chi connectivity index (χ0) is 14.5. The van der Waals surface area contributed by atoms with Gasteiger partial charge in [-0.2, -0.15) is 0 Å². The third-order valence-electron chi connectivity index (χ3n) is 2.52. The van der Waals surface area contributed by atoms with Crippen LogP contribution in [0.4, 0.5) is 5.69 Å². The van der Waals surface area contributed by atoms with E-state index in [2.05, 4.69) is 10.6 Å². The van der Waals surface area contributed by atoms with Crippen LogP contribution in [0.25, 0.3) is 0 Å². The largest absolute Gasteiger partial charge is 0.342 e. The molecule has 2 aromatic rings. The summed E-state index contributed by atoms with van der Waals surface area (Å²) < 4.78 is 0. The van der Waals surface area contributed by atoms with Gasteiger partial charge in [-0.3, -0.25) is 9.59 Å². The lowest BCUT2D eigenvalue weighted by atomic mass is 10.3. The summed E-state index contributed by atoms with van der Waals surface area (Å²) >= 11 is 7.32. The van der Waals surface area contributed by atoms with Crippen LogP contribution >= 0.6 is 22.9 Å². The normalized spacial score (nSPS) is 10.1. The highest BCUT2D eigenvalue weighted by molar-refractivity contribution is 7.13. The maximum Gasteiger partial charge on any atom is 0.261 e. The van der Waals surface area contributed by atoms with Crippen molar-refractivity contribution in [3.8, 4) is 0 Å². The Labute approximate surface area is 125 Å². The lowest BCUT2D eigenvalue weighted by molar-refractivity contribution is -0.115. The maximum absolute atomic E-state index is 11.8. The molecule has 0 fully saturated rings. The standard InChI is InChI=1S/C14H13ClN2O2S/c1-9-6-7-12(20-9)14(19)16-8-13(18)17-11-5-3-2-4-10(11)15/h2-7H,8H2,1H3,(H,16,19)(H,17,18). The van der Waals surface area contributed by atoms with Gasteiger partial charge in [-0.05, 0) is 31.2 Å².